The van der Waals surface area contributed by atoms with Gasteiger partial charge in [0.25, 0.3) is 0 Å². The number of unbranched alkanes of at least 4 members (excludes halogenated alkanes) is 2. The van der Waals surface area contributed by atoms with Crippen LogP contribution in [0.2, 0.25) is 0 Å². The molecule has 0 aromatic rings. The van der Waals surface area contributed by atoms with Crippen molar-refractivity contribution in [3.05, 3.63) is 12.7 Å². The van der Waals surface area contributed by atoms with Crippen molar-refractivity contribution in [1.82, 2.24) is 0 Å². The fraction of sp³-hybridized carbons (Fsp3) is 0.778. The van der Waals surface area contributed by atoms with E-state index in [4.69, 9.17) is 0 Å². The van der Waals surface area contributed by atoms with Gasteiger partial charge in [0.15, 0.2) is 5.79 Å². The number of rotatable bonds is 6. The average Bonchev–Trinajstić information content (AvgIpc) is 1.87. The van der Waals surface area contributed by atoms with Crippen LogP contribution in [0.25, 0.3) is 0 Å². The zero-order valence-corrected chi connectivity index (χ0v) is 7.21. The van der Waals surface area contributed by atoms with Gasteiger partial charge in [0, 0.05) is 12.8 Å². The molecule has 0 radical (unpaired) electrons. The van der Waals surface area contributed by atoms with Crippen LogP contribution >= 0.6 is 0 Å². The summed E-state index contributed by atoms with van der Waals surface area (Å²) in [6.45, 7) is 5.54. The number of hydrogen-bond donors (Lipinski definition) is 2. The predicted octanol–water partition coefficient (Wildman–Crippen LogP) is 1.82. The summed E-state index contributed by atoms with van der Waals surface area (Å²) in [5, 5.41) is 18.5. The van der Waals surface area contributed by atoms with Crippen molar-refractivity contribution in [2.24, 2.45) is 0 Å². The van der Waals surface area contributed by atoms with E-state index in [1.807, 2.05) is 0 Å². The predicted molar refractivity (Wildman–Crippen MR) is 46.1 cm³/mol. The largest absolute Gasteiger partial charge is 0.365 e. The highest BCUT2D eigenvalue weighted by Gasteiger charge is 2.19. The van der Waals surface area contributed by atoms with Crippen LogP contribution in [0, 0.1) is 0 Å². The highest BCUT2D eigenvalue weighted by atomic mass is 16.5. The second-order valence-electron chi connectivity index (χ2n) is 2.93. The van der Waals surface area contributed by atoms with Crippen LogP contribution in [0.4, 0.5) is 0 Å². The molecule has 0 aliphatic heterocycles. The van der Waals surface area contributed by atoms with Crippen molar-refractivity contribution < 1.29 is 10.2 Å². The Hall–Kier alpha value is -0.340. The van der Waals surface area contributed by atoms with Crippen LogP contribution in [0.1, 0.15) is 39.0 Å². The van der Waals surface area contributed by atoms with Gasteiger partial charge in [-0.25, -0.2) is 0 Å². The van der Waals surface area contributed by atoms with Gasteiger partial charge in [-0.05, 0) is 6.42 Å². The van der Waals surface area contributed by atoms with Gasteiger partial charge < -0.3 is 10.2 Å². The maximum atomic E-state index is 9.23. The Kier molecular flexibility index (Phi) is 5.16. The van der Waals surface area contributed by atoms with Crippen LogP contribution in [0.15, 0.2) is 12.7 Å². The summed E-state index contributed by atoms with van der Waals surface area (Å²) in [4.78, 5) is 0. The number of hydrogen-bond acceptors (Lipinski definition) is 2. The van der Waals surface area contributed by atoms with E-state index in [1.54, 1.807) is 0 Å². The van der Waals surface area contributed by atoms with Crippen LogP contribution in [0.5, 0.6) is 0 Å². The van der Waals surface area contributed by atoms with Crippen molar-refractivity contribution in [2.45, 2.75) is 44.8 Å². The van der Waals surface area contributed by atoms with E-state index in [-0.39, 0.29) is 6.42 Å². The maximum Gasteiger partial charge on any atom is 0.165 e. The van der Waals surface area contributed by atoms with E-state index >= 15 is 0 Å². The molecule has 2 heteroatoms. The lowest BCUT2D eigenvalue weighted by atomic mass is 10.1. The Labute approximate surface area is 68.6 Å². The Balaban J connectivity index is 3.45. The van der Waals surface area contributed by atoms with Gasteiger partial charge in [-0.3, -0.25) is 0 Å². The molecule has 0 aromatic carbocycles. The third-order valence-corrected chi connectivity index (χ3v) is 1.65. The summed E-state index contributed by atoms with van der Waals surface area (Å²) in [6, 6.07) is 0. The lowest BCUT2D eigenvalue weighted by Crippen LogP contribution is -2.26. The van der Waals surface area contributed by atoms with Gasteiger partial charge in [-0.2, -0.15) is 0 Å². The molecule has 0 saturated carbocycles. The lowest BCUT2D eigenvalue weighted by Gasteiger charge is -2.19. The monoisotopic (exact) mass is 158 g/mol. The quantitative estimate of drug-likeness (QED) is 0.351. The minimum atomic E-state index is -1.52. The summed E-state index contributed by atoms with van der Waals surface area (Å²) < 4.78 is 0. The molecule has 2 N–H and O–H groups in total. The Morgan fingerprint density at radius 2 is 2.00 bits per heavy atom. The summed E-state index contributed by atoms with van der Waals surface area (Å²) >= 11 is 0. The van der Waals surface area contributed by atoms with Crippen LogP contribution < -0.4 is 0 Å². The molecule has 0 fully saturated rings. The van der Waals surface area contributed by atoms with E-state index < -0.39 is 5.79 Å². The minimum absolute atomic E-state index is 0.261. The SMILES string of the molecule is C=CCC(O)(O)CCCCC. The molecule has 0 aliphatic carbocycles. The summed E-state index contributed by atoms with van der Waals surface area (Å²) in [5.74, 6) is -1.52. The standard InChI is InChI=1S/C9H18O2/c1-3-5-6-8-9(10,11)7-4-2/h4,10-11H,2-3,5-8H2,1H3. The molecular weight excluding hydrogens is 140 g/mol. The first-order valence-corrected chi connectivity index (χ1v) is 4.18. The molecule has 0 unspecified atom stereocenters. The third-order valence-electron chi connectivity index (χ3n) is 1.65. The molecule has 0 amide bonds. The molecule has 2 nitrogen and oxygen atoms in total. The van der Waals surface area contributed by atoms with E-state index in [1.165, 1.54) is 6.08 Å². The summed E-state index contributed by atoms with van der Waals surface area (Å²) in [5.41, 5.74) is 0. The zero-order chi connectivity index (χ0) is 8.74. The first-order chi connectivity index (χ1) is 5.12. The molecule has 0 bridgehead atoms. The van der Waals surface area contributed by atoms with E-state index in [2.05, 4.69) is 13.5 Å². The summed E-state index contributed by atoms with van der Waals surface area (Å²) in [7, 11) is 0. The molecule has 0 heterocycles. The van der Waals surface area contributed by atoms with E-state index in [0.717, 1.165) is 19.3 Å². The Morgan fingerprint density at radius 3 is 2.45 bits per heavy atom. The molecule has 66 valence electrons. The van der Waals surface area contributed by atoms with Crippen LogP contribution in [0.3, 0.4) is 0 Å². The lowest BCUT2D eigenvalue weighted by molar-refractivity contribution is -0.163. The summed E-state index contributed by atoms with van der Waals surface area (Å²) in [6.07, 6.45) is 5.27. The molecule has 0 rings (SSSR count). The molecule has 0 aromatic heterocycles. The normalized spacial score (nSPS) is 11.5. The van der Waals surface area contributed by atoms with Crippen molar-refractivity contribution in [2.75, 3.05) is 0 Å². The second-order valence-corrected chi connectivity index (χ2v) is 2.93. The molecular formula is C9H18O2. The Bertz CT molecular complexity index is 108. The van der Waals surface area contributed by atoms with Crippen molar-refractivity contribution in [3.8, 4) is 0 Å². The molecule has 11 heavy (non-hydrogen) atoms. The molecule has 0 saturated heterocycles. The highest BCUT2D eigenvalue weighted by Crippen LogP contribution is 2.15. The smallest absolute Gasteiger partial charge is 0.165 e. The van der Waals surface area contributed by atoms with Gasteiger partial charge in [0.2, 0.25) is 0 Å². The maximum absolute atomic E-state index is 9.23. The average molecular weight is 158 g/mol. The van der Waals surface area contributed by atoms with Gasteiger partial charge in [0.1, 0.15) is 0 Å². The fourth-order valence-corrected chi connectivity index (χ4v) is 0.991. The third kappa shape index (κ3) is 6.07. The second kappa shape index (κ2) is 5.33. The molecule has 0 aliphatic rings. The first kappa shape index (κ1) is 10.7. The van der Waals surface area contributed by atoms with E-state index in [9.17, 15) is 10.2 Å². The zero-order valence-electron chi connectivity index (χ0n) is 7.21. The molecule has 0 atom stereocenters. The van der Waals surface area contributed by atoms with Crippen LogP contribution in [-0.4, -0.2) is 16.0 Å². The topological polar surface area (TPSA) is 40.5 Å². The van der Waals surface area contributed by atoms with Gasteiger partial charge >= 0.3 is 0 Å². The van der Waals surface area contributed by atoms with Crippen LogP contribution in [-0.2, 0) is 0 Å². The van der Waals surface area contributed by atoms with Gasteiger partial charge in [-0.1, -0.05) is 25.8 Å². The van der Waals surface area contributed by atoms with Crippen molar-refractivity contribution in [3.63, 3.8) is 0 Å². The fourth-order valence-electron chi connectivity index (χ4n) is 0.991. The van der Waals surface area contributed by atoms with Crippen molar-refractivity contribution >= 4 is 0 Å². The first-order valence-electron chi connectivity index (χ1n) is 4.18. The van der Waals surface area contributed by atoms with Gasteiger partial charge in [0.05, 0.1) is 0 Å². The molecule has 0 spiro atoms. The minimum Gasteiger partial charge on any atom is -0.365 e. The van der Waals surface area contributed by atoms with Gasteiger partial charge in [-0.15, -0.1) is 6.58 Å². The highest BCUT2D eigenvalue weighted by molar-refractivity contribution is 4.77. The van der Waals surface area contributed by atoms with E-state index in [0.29, 0.717) is 6.42 Å². The number of aliphatic hydroxyl groups is 2. The van der Waals surface area contributed by atoms with Crippen molar-refractivity contribution in [1.29, 1.82) is 0 Å². The Morgan fingerprint density at radius 1 is 1.36 bits per heavy atom.